The number of fused-ring (bicyclic) bond motifs is 4. The molecule has 0 saturated carbocycles. The van der Waals surface area contributed by atoms with E-state index in [4.69, 9.17) is 4.98 Å². The molecule has 0 spiro atoms. The minimum atomic E-state index is -0.398. The molecular weight excluding hydrogens is 789 g/mol. The highest BCUT2D eigenvalue weighted by Crippen LogP contribution is 2.49. The molecule has 0 fully saturated rings. The smallest absolute Gasteiger partial charge is 0.137 e. The molecule has 0 N–H and O–H groups in total. The van der Waals surface area contributed by atoms with E-state index in [2.05, 4.69) is 259 Å². The SMILES string of the molecule is CC(C)(C)c1cc(N2CN(c3ccccc3C(C)(C)C)c3ccccc32)cc(C(C)(C)c2ccc3c4ccccc4n(-c4cc(C(C)(c5ccccc5)c5ccccc5)ccn4)c3c2)c1. The Morgan fingerprint density at radius 3 is 1.63 bits per heavy atom. The van der Waals surface area contributed by atoms with Crippen LogP contribution in [0.1, 0.15) is 101 Å². The molecule has 10 rings (SSSR count). The normalized spacial score (nSPS) is 13.5. The van der Waals surface area contributed by atoms with Crippen LogP contribution in [0.3, 0.4) is 0 Å². The van der Waals surface area contributed by atoms with Crippen LogP contribution < -0.4 is 9.80 Å². The lowest BCUT2D eigenvalue weighted by Crippen LogP contribution is -2.28. The van der Waals surface area contributed by atoms with Gasteiger partial charge < -0.3 is 9.80 Å². The summed E-state index contributed by atoms with van der Waals surface area (Å²) < 4.78 is 2.38. The minimum Gasteiger partial charge on any atom is -0.321 e. The molecule has 3 heterocycles. The van der Waals surface area contributed by atoms with Gasteiger partial charge in [0.25, 0.3) is 0 Å². The number of anilines is 4. The Morgan fingerprint density at radius 2 is 0.969 bits per heavy atom. The van der Waals surface area contributed by atoms with Gasteiger partial charge in [0.1, 0.15) is 12.5 Å². The maximum absolute atomic E-state index is 5.15. The first-order valence-electron chi connectivity index (χ1n) is 23.2. The molecule has 1 aliphatic rings. The van der Waals surface area contributed by atoms with Crippen LogP contribution in [-0.4, -0.2) is 16.2 Å². The first-order valence-corrected chi connectivity index (χ1v) is 23.2. The van der Waals surface area contributed by atoms with E-state index in [1.54, 1.807) is 0 Å². The summed E-state index contributed by atoms with van der Waals surface area (Å²) in [6.45, 7) is 21.8. The number of para-hydroxylation sites is 4. The molecule has 2 aromatic heterocycles. The fraction of sp³-hybridized carbons (Fsp3) is 0.230. The third kappa shape index (κ3) is 7.20. The summed E-state index contributed by atoms with van der Waals surface area (Å²) >= 11 is 0. The largest absolute Gasteiger partial charge is 0.321 e. The molecule has 9 aromatic rings. The Kier molecular flexibility index (Phi) is 10.1. The fourth-order valence-corrected chi connectivity index (χ4v) is 10.2. The molecule has 0 amide bonds. The van der Waals surface area contributed by atoms with Crippen molar-refractivity contribution in [3.8, 4) is 5.82 Å². The van der Waals surface area contributed by atoms with Gasteiger partial charge in [0, 0.05) is 39.2 Å². The van der Waals surface area contributed by atoms with Crippen LogP contribution in [0.25, 0.3) is 27.6 Å². The maximum Gasteiger partial charge on any atom is 0.137 e. The Labute approximate surface area is 385 Å². The van der Waals surface area contributed by atoms with E-state index in [1.807, 2.05) is 6.20 Å². The Bertz CT molecular complexity index is 3160. The lowest BCUT2D eigenvalue weighted by molar-refractivity contribution is 0.582. The number of nitrogens with zero attached hydrogens (tertiary/aromatic N) is 4. The van der Waals surface area contributed by atoms with Crippen molar-refractivity contribution in [2.24, 2.45) is 0 Å². The molecule has 0 bridgehead atoms. The third-order valence-corrected chi connectivity index (χ3v) is 14.2. The number of pyridine rings is 1. The van der Waals surface area contributed by atoms with E-state index < -0.39 is 5.41 Å². The van der Waals surface area contributed by atoms with Crippen molar-refractivity contribution in [1.29, 1.82) is 0 Å². The number of aromatic nitrogens is 2. The average Bonchev–Trinajstić information content (AvgIpc) is 3.87. The number of hydrogen-bond acceptors (Lipinski definition) is 3. The molecule has 0 aliphatic carbocycles. The molecule has 4 heteroatoms. The van der Waals surface area contributed by atoms with Gasteiger partial charge in [-0.15, -0.1) is 0 Å². The van der Waals surface area contributed by atoms with E-state index in [9.17, 15) is 0 Å². The highest BCUT2D eigenvalue weighted by Gasteiger charge is 2.35. The second-order valence-corrected chi connectivity index (χ2v) is 20.7. The predicted octanol–water partition coefficient (Wildman–Crippen LogP) is 15.7. The van der Waals surface area contributed by atoms with Gasteiger partial charge in [-0.2, -0.15) is 0 Å². The van der Waals surface area contributed by atoms with Crippen LogP contribution in [0.4, 0.5) is 22.7 Å². The molecule has 0 unspecified atom stereocenters. The Hall–Kier alpha value is -6.91. The van der Waals surface area contributed by atoms with E-state index in [-0.39, 0.29) is 16.2 Å². The first-order chi connectivity index (χ1) is 31.1. The summed E-state index contributed by atoms with van der Waals surface area (Å²) in [6.07, 6.45) is 1.99. The summed E-state index contributed by atoms with van der Waals surface area (Å²) in [7, 11) is 0. The lowest BCUT2D eigenvalue weighted by atomic mass is 9.71. The molecule has 324 valence electrons. The van der Waals surface area contributed by atoms with Gasteiger partial charge in [0.2, 0.25) is 0 Å². The summed E-state index contributed by atoms with van der Waals surface area (Å²) in [4.78, 5) is 10.2. The zero-order chi connectivity index (χ0) is 45.3. The second-order valence-electron chi connectivity index (χ2n) is 20.7. The summed E-state index contributed by atoms with van der Waals surface area (Å²) in [5.41, 5.74) is 15.3. The van der Waals surface area contributed by atoms with E-state index in [1.165, 1.54) is 72.5 Å². The van der Waals surface area contributed by atoms with Gasteiger partial charge in [0.05, 0.1) is 22.4 Å². The summed E-state index contributed by atoms with van der Waals surface area (Å²) in [5.74, 6) is 0.907. The Balaban J connectivity index is 1.11. The summed E-state index contributed by atoms with van der Waals surface area (Å²) in [6, 6.07) is 67.2. The van der Waals surface area contributed by atoms with Crippen LogP contribution in [-0.2, 0) is 21.7 Å². The molecule has 7 aromatic carbocycles. The van der Waals surface area contributed by atoms with Crippen molar-refractivity contribution in [2.45, 2.75) is 84.0 Å². The molecule has 0 saturated heterocycles. The van der Waals surface area contributed by atoms with Gasteiger partial charge >= 0.3 is 0 Å². The monoisotopic (exact) mass is 848 g/mol. The lowest BCUT2D eigenvalue weighted by Gasteiger charge is -2.32. The topological polar surface area (TPSA) is 24.3 Å². The van der Waals surface area contributed by atoms with Gasteiger partial charge in [-0.25, -0.2) is 4.98 Å². The van der Waals surface area contributed by atoms with Crippen molar-refractivity contribution in [3.63, 3.8) is 0 Å². The number of hydrogen-bond donors (Lipinski definition) is 0. The van der Waals surface area contributed by atoms with E-state index in [0.29, 0.717) is 0 Å². The van der Waals surface area contributed by atoms with E-state index in [0.717, 1.165) is 23.5 Å². The molecular formula is C61H60N4. The maximum atomic E-state index is 5.15. The molecule has 4 nitrogen and oxygen atoms in total. The highest BCUT2D eigenvalue weighted by atomic mass is 15.4. The number of benzene rings is 7. The van der Waals surface area contributed by atoms with Crippen LogP contribution in [0.2, 0.25) is 0 Å². The molecule has 0 radical (unpaired) electrons. The van der Waals surface area contributed by atoms with Crippen molar-refractivity contribution in [1.82, 2.24) is 9.55 Å². The quantitative estimate of drug-likeness (QED) is 0.152. The van der Waals surface area contributed by atoms with Crippen LogP contribution in [0.15, 0.2) is 188 Å². The van der Waals surface area contributed by atoms with Crippen molar-refractivity contribution in [3.05, 3.63) is 227 Å². The number of rotatable bonds is 8. The van der Waals surface area contributed by atoms with Gasteiger partial charge in [-0.05, 0) is 111 Å². The minimum absolute atomic E-state index is 0.00111. The van der Waals surface area contributed by atoms with E-state index >= 15 is 0 Å². The summed E-state index contributed by atoms with van der Waals surface area (Å²) in [5, 5.41) is 2.44. The van der Waals surface area contributed by atoms with Crippen molar-refractivity contribution in [2.75, 3.05) is 16.5 Å². The predicted molar refractivity (Wildman–Crippen MR) is 275 cm³/mol. The first kappa shape index (κ1) is 42.1. The average molecular weight is 849 g/mol. The molecule has 65 heavy (non-hydrogen) atoms. The van der Waals surface area contributed by atoms with Crippen LogP contribution in [0, 0.1) is 0 Å². The van der Waals surface area contributed by atoms with Crippen LogP contribution >= 0.6 is 0 Å². The van der Waals surface area contributed by atoms with Gasteiger partial charge in [0.15, 0.2) is 0 Å². The van der Waals surface area contributed by atoms with Crippen molar-refractivity contribution < 1.29 is 0 Å². The fourth-order valence-electron chi connectivity index (χ4n) is 10.2. The van der Waals surface area contributed by atoms with Gasteiger partial charge in [-0.1, -0.05) is 183 Å². The van der Waals surface area contributed by atoms with Crippen LogP contribution in [0.5, 0.6) is 0 Å². The van der Waals surface area contributed by atoms with Gasteiger partial charge in [-0.3, -0.25) is 4.57 Å². The Morgan fingerprint density at radius 1 is 0.400 bits per heavy atom. The molecule has 0 atom stereocenters. The molecule has 1 aliphatic heterocycles. The zero-order valence-electron chi connectivity index (χ0n) is 39.4. The highest BCUT2D eigenvalue weighted by molar-refractivity contribution is 6.09. The zero-order valence-corrected chi connectivity index (χ0v) is 39.4. The second kappa shape index (κ2) is 15.7. The van der Waals surface area contributed by atoms with Crippen molar-refractivity contribution >= 4 is 44.6 Å². The third-order valence-electron chi connectivity index (χ3n) is 14.2. The standard InChI is InChI=1S/C61H60N4/c1-58(2,3)46-36-47(38-48(37-46)63-41-64(55-31-21-20-30-54(55)63)53-29-19-17-27-51(53)59(4,5)6)60(7,8)44-32-33-50-49-26-16-18-28-52(49)65(56(50)39-44)57-40-45(34-35-62-57)61(9,42-22-12-10-13-23-42)43-24-14-11-15-25-43/h10-40H,41H2,1-9H3.